The van der Waals surface area contributed by atoms with Gasteiger partial charge in [0.1, 0.15) is 20.1 Å². The lowest BCUT2D eigenvalue weighted by atomic mass is 9.91. The third kappa shape index (κ3) is 6.77. The number of ether oxygens (including phenoxy) is 3. The summed E-state index contributed by atoms with van der Waals surface area (Å²) >= 11 is 0. The van der Waals surface area contributed by atoms with Crippen LogP contribution in [-0.2, 0) is 19.0 Å². The smallest absolute Gasteiger partial charge is 0.323 e. The van der Waals surface area contributed by atoms with Crippen LogP contribution in [0.1, 0.15) is 27.2 Å². The third-order valence-corrected chi connectivity index (χ3v) is 3.26. The minimum atomic E-state index is -0.499. The molecule has 0 aromatic carbocycles. The summed E-state index contributed by atoms with van der Waals surface area (Å²) in [7, 11) is 4.65. The molecule has 0 aliphatic carbocycles. The van der Waals surface area contributed by atoms with Crippen LogP contribution in [0.2, 0.25) is 0 Å². The number of esters is 1. The molecule has 0 spiro atoms. The van der Waals surface area contributed by atoms with Gasteiger partial charge in [0.15, 0.2) is 0 Å². The summed E-state index contributed by atoms with van der Waals surface area (Å²) in [5.41, 5.74) is -0.499. The van der Waals surface area contributed by atoms with Gasteiger partial charge in [0.05, 0.1) is 12.0 Å². The Hall–Kier alpha value is -1.34. The molecule has 0 unspecified atom stereocenters. The van der Waals surface area contributed by atoms with Crippen molar-refractivity contribution in [3.8, 4) is 0 Å². The summed E-state index contributed by atoms with van der Waals surface area (Å²) in [6.07, 6.45) is 0.704. The summed E-state index contributed by atoms with van der Waals surface area (Å²) in [5.74, 6) is -0.253. The molecule has 0 saturated carbocycles. The van der Waals surface area contributed by atoms with Gasteiger partial charge < -0.3 is 19.1 Å². The molecule has 0 atom stereocenters. The highest BCUT2D eigenvalue weighted by Crippen LogP contribution is 2.21. The van der Waals surface area contributed by atoms with E-state index in [4.69, 9.17) is 14.2 Å². The van der Waals surface area contributed by atoms with Crippen molar-refractivity contribution in [3.05, 3.63) is 0 Å². The molecular formula is C14H28N2O5. The average Bonchev–Trinajstić information content (AvgIpc) is 2.45. The maximum Gasteiger partial charge on any atom is 0.323 e. The Morgan fingerprint density at radius 2 is 1.62 bits per heavy atom. The summed E-state index contributed by atoms with van der Waals surface area (Å²) in [4.78, 5) is 26.8. The predicted octanol–water partition coefficient (Wildman–Crippen LogP) is 1.53. The number of methoxy groups -OCH3 is 2. The lowest BCUT2D eigenvalue weighted by Gasteiger charge is -2.27. The van der Waals surface area contributed by atoms with Gasteiger partial charge in [-0.1, -0.05) is 6.92 Å². The summed E-state index contributed by atoms with van der Waals surface area (Å²) in [6.45, 7) is 6.36. The Morgan fingerprint density at radius 1 is 1.10 bits per heavy atom. The zero-order valence-electron chi connectivity index (χ0n) is 14.0. The number of hydrogen-bond acceptors (Lipinski definition) is 5. The zero-order valence-corrected chi connectivity index (χ0v) is 14.0. The minimum Gasteiger partial charge on any atom is -0.463 e. The number of likely N-dealkylation sites (N-methyl/N-ethyl adjacent to an activating group) is 1. The van der Waals surface area contributed by atoms with E-state index in [1.165, 1.54) is 24.0 Å². The van der Waals surface area contributed by atoms with E-state index in [0.717, 1.165) is 0 Å². The molecule has 7 nitrogen and oxygen atoms in total. The molecule has 0 aromatic heterocycles. The maximum atomic E-state index is 12.1. The largest absolute Gasteiger partial charge is 0.463 e. The topological polar surface area (TPSA) is 68.3 Å². The van der Waals surface area contributed by atoms with Gasteiger partial charge in [0.2, 0.25) is 0 Å². The van der Waals surface area contributed by atoms with Crippen LogP contribution in [0, 0.1) is 5.41 Å². The number of carbonyl (C=O) groups excluding carboxylic acids is 2. The van der Waals surface area contributed by atoms with Gasteiger partial charge in [0, 0.05) is 21.3 Å². The monoisotopic (exact) mass is 304 g/mol. The number of urea groups is 1. The fraction of sp³-hybridized carbons (Fsp3) is 0.857. The van der Waals surface area contributed by atoms with Gasteiger partial charge in [-0.15, -0.1) is 0 Å². The van der Waals surface area contributed by atoms with Crippen molar-refractivity contribution in [2.75, 3.05) is 47.9 Å². The summed E-state index contributed by atoms with van der Waals surface area (Å²) in [6, 6.07) is -0.246. The first-order chi connectivity index (χ1) is 9.80. The van der Waals surface area contributed by atoms with E-state index in [0.29, 0.717) is 13.0 Å². The molecule has 0 radical (unpaired) electrons. The molecule has 0 heterocycles. The number of carbonyl (C=O) groups is 2. The van der Waals surface area contributed by atoms with Crippen molar-refractivity contribution < 1.29 is 23.8 Å². The van der Waals surface area contributed by atoms with Gasteiger partial charge in [-0.3, -0.25) is 9.69 Å². The van der Waals surface area contributed by atoms with Crippen LogP contribution in [0.5, 0.6) is 0 Å². The first kappa shape index (κ1) is 19.7. The molecule has 0 bridgehead atoms. The van der Waals surface area contributed by atoms with Gasteiger partial charge >= 0.3 is 12.0 Å². The fourth-order valence-electron chi connectivity index (χ4n) is 1.41. The summed E-state index contributed by atoms with van der Waals surface area (Å²) < 4.78 is 15.1. The number of rotatable bonds is 9. The van der Waals surface area contributed by atoms with Gasteiger partial charge in [-0.2, -0.15) is 0 Å². The first-order valence-corrected chi connectivity index (χ1v) is 6.95. The second kappa shape index (κ2) is 9.57. The van der Waals surface area contributed by atoms with E-state index < -0.39 is 5.41 Å². The molecule has 2 amide bonds. The van der Waals surface area contributed by atoms with Crippen LogP contribution in [0.3, 0.4) is 0 Å². The quantitative estimate of drug-likeness (QED) is 0.477. The molecule has 0 rings (SSSR count). The van der Waals surface area contributed by atoms with E-state index in [-0.39, 0.29) is 32.1 Å². The first-order valence-electron chi connectivity index (χ1n) is 6.95. The highest BCUT2D eigenvalue weighted by atomic mass is 16.5. The predicted molar refractivity (Wildman–Crippen MR) is 78.6 cm³/mol. The van der Waals surface area contributed by atoms with Crippen molar-refractivity contribution >= 4 is 12.0 Å². The second-order valence-electron chi connectivity index (χ2n) is 5.45. The van der Waals surface area contributed by atoms with Crippen LogP contribution in [0.25, 0.3) is 0 Å². The van der Waals surface area contributed by atoms with E-state index in [2.05, 4.69) is 0 Å². The van der Waals surface area contributed by atoms with Crippen molar-refractivity contribution in [2.45, 2.75) is 27.2 Å². The Labute approximate surface area is 127 Å². The van der Waals surface area contributed by atoms with E-state index in [1.54, 1.807) is 7.05 Å². The van der Waals surface area contributed by atoms with E-state index >= 15 is 0 Å². The van der Waals surface area contributed by atoms with Crippen molar-refractivity contribution in [3.63, 3.8) is 0 Å². The molecule has 0 aromatic rings. The lowest BCUT2D eigenvalue weighted by molar-refractivity contribution is -0.154. The Balaban J connectivity index is 4.27. The Morgan fingerprint density at radius 3 is 2.05 bits per heavy atom. The standard InChI is InChI=1S/C14H28N2O5/c1-7-14(2,3)12(17)21-9-8-15(4)13(18)16(10-19-5)11-20-6/h7-11H2,1-6H3. The Kier molecular flexibility index (Phi) is 8.96. The van der Waals surface area contributed by atoms with E-state index in [1.807, 2.05) is 20.8 Å². The zero-order chi connectivity index (χ0) is 16.5. The Bertz CT molecular complexity index is 327. The van der Waals surface area contributed by atoms with Gasteiger partial charge in [-0.25, -0.2) is 4.79 Å². The van der Waals surface area contributed by atoms with Crippen LogP contribution in [-0.4, -0.2) is 69.7 Å². The minimum absolute atomic E-state index is 0.139. The average molecular weight is 304 g/mol. The van der Waals surface area contributed by atoms with Crippen LogP contribution >= 0.6 is 0 Å². The van der Waals surface area contributed by atoms with Gasteiger partial charge in [-0.05, 0) is 20.3 Å². The molecule has 7 heteroatoms. The van der Waals surface area contributed by atoms with Crippen LogP contribution in [0.15, 0.2) is 0 Å². The highest BCUT2D eigenvalue weighted by Gasteiger charge is 2.27. The van der Waals surface area contributed by atoms with Crippen molar-refractivity contribution in [2.24, 2.45) is 5.41 Å². The molecule has 0 fully saturated rings. The molecular weight excluding hydrogens is 276 g/mol. The fourth-order valence-corrected chi connectivity index (χ4v) is 1.41. The van der Waals surface area contributed by atoms with Gasteiger partial charge in [0.25, 0.3) is 0 Å². The molecule has 21 heavy (non-hydrogen) atoms. The van der Waals surface area contributed by atoms with E-state index in [9.17, 15) is 9.59 Å². The van der Waals surface area contributed by atoms with Crippen LogP contribution < -0.4 is 0 Å². The molecule has 0 N–H and O–H groups in total. The molecule has 124 valence electrons. The lowest BCUT2D eigenvalue weighted by Crippen LogP contribution is -2.44. The SMILES string of the molecule is CCC(C)(C)C(=O)OCCN(C)C(=O)N(COC)COC. The molecule has 0 saturated heterocycles. The number of nitrogens with zero attached hydrogens (tertiary/aromatic N) is 2. The second-order valence-corrected chi connectivity index (χ2v) is 5.45. The van der Waals surface area contributed by atoms with Crippen LogP contribution in [0.4, 0.5) is 4.79 Å². The molecule has 0 aliphatic rings. The molecule has 0 aliphatic heterocycles. The van der Waals surface area contributed by atoms with Crippen molar-refractivity contribution in [1.82, 2.24) is 9.80 Å². The number of amides is 2. The highest BCUT2D eigenvalue weighted by molar-refractivity contribution is 5.76. The summed E-state index contributed by atoms with van der Waals surface area (Å²) in [5, 5.41) is 0. The third-order valence-electron chi connectivity index (χ3n) is 3.26. The maximum absolute atomic E-state index is 12.1. The normalized spacial score (nSPS) is 11.1. The number of hydrogen-bond donors (Lipinski definition) is 0. The van der Waals surface area contributed by atoms with Crippen molar-refractivity contribution in [1.29, 1.82) is 0 Å².